The monoisotopic (exact) mass is 330 g/mol. The molecule has 23 heavy (non-hydrogen) atoms. The first kappa shape index (κ1) is 15.6. The van der Waals surface area contributed by atoms with Crippen LogP contribution in [0.25, 0.3) is 10.9 Å². The van der Waals surface area contributed by atoms with Crippen molar-refractivity contribution in [3.05, 3.63) is 70.1 Å². The Morgan fingerprint density at radius 2 is 1.96 bits per heavy atom. The van der Waals surface area contributed by atoms with Crippen molar-refractivity contribution in [2.24, 2.45) is 0 Å². The van der Waals surface area contributed by atoms with Crippen LogP contribution in [0.3, 0.4) is 0 Å². The maximum Gasteiger partial charge on any atom is 0.268 e. The van der Waals surface area contributed by atoms with Crippen LogP contribution in [0.4, 0.5) is 4.39 Å². The number of aromatic nitrogens is 1. The normalized spacial score (nSPS) is 10.9. The maximum absolute atomic E-state index is 13.3. The molecule has 3 nitrogen and oxygen atoms in total. The number of aromatic amines is 1. The third-order valence-corrected chi connectivity index (χ3v) is 4.11. The van der Waals surface area contributed by atoms with Crippen molar-refractivity contribution < 1.29 is 9.18 Å². The summed E-state index contributed by atoms with van der Waals surface area (Å²) in [6.45, 7) is 2.37. The first-order chi connectivity index (χ1) is 11.0. The van der Waals surface area contributed by atoms with Gasteiger partial charge in [0.25, 0.3) is 5.91 Å². The van der Waals surface area contributed by atoms with Crippen molar-refractivity contribution in [3.63, 3.8) is 0 Å². The molecule has 3 rings (SSSR count). The quantitative estimate of drug-likeness (QED) is 0.738. The van der Waals surface area contributed by atoms with Crippen molar-refractivity contribution in [1.82, 2.24) is 10.3 Å². The molecule has 3 aromatic rings. The van der Waals surface area contributed by atoms with E-state index in [0.717, 1.165) is 22.9 Å². The predicted octanol–water partition coefficient (Wildman–Crippen LogP) is 4.24. The summed E-state index contributed by atoms with van der Waals surface area (Å²) in [5, 5.41) is 4.43. The molecule has 2 aromatic carbocycles. The molecular formula is C18H16ClFN2O. The molecule has 1 aromatic heterocycles. The highest BCUT2D eigenvalue weighted by Crippen LogP contribution is 2.22. The molecule has 0 fully saturated rings. The Hall–Kier alpha value is -2.33. The molecule has 0 bridgehead atoms. The van der Waals surface area contributed by atoms with Gasteiger partial charge in [-0.2, -0.15) is 0 Å². The first-order valence-electron chi connectivity index (χ1n) is 7.35. The lowest BCUT2D eigenvalue weighted by atomic mass is 10.1. The van der Waals surface area contributed by atoms with Crippen LogP contribution in [0.15, 0.2) is 42.5 Å². The molecule has 0 unspecified atom stereocenters. The molecule has 0 aliphatic carbocycles. The van der Waals surface area contributed by atoms with Crippen LogP contribution in [-0.2, 0) is 6.42 Å². The molecule has 5 heteroatoms. The second-order valence-electron chi connectivity index (χ2n) is 5.45. The van der Waals surface area contributed by atoms with E-state index in [-0.39, 0.29) is 11.7 Å². The molecule has 0 radical (unpaired) electrons. The molecule has 0 aliphatic heterocycles. The highest BCUT2D eigenvalue weighted by Gasteiger charge is 2.14. The Morgan fingerprint density at radius 3 is 2.70 bits per heavy atom. The molecule has 0 saturated heterocycles. The fourth-order valence-electron chi connectivity index (χ4n) is 2.60. The Kier molecular flexibility index (Phi) is 4.35. The number of halogens is 2. The van der Waals surface area contributed by atoms with Crippen LogP contribution >= 0.6 is 11.6 Å². The van der Waals surface area contributed by atoms with E-state index in [1.807, 2.05) is 31.2 Å². The van der Waals surface area contributed by atoms with E-state index >= 15 is 0 Å². The number of carbonyl (C=O) groups excluding carboxylic acids is 1. The lowest BCUT2D eigenvalue weighted by molar-refractivity contribution is 0.0949. The summed E-state index contributed by atoms with van der Waals surface area (Å²) in [5.41, 5.74) is 3.03. The summed E-state index contributed by atoms with van der Waals surface area (Å²) in [5.74, 6) is -0.512. The van der Waals surface area contributed by atoms with Crippen LogP contribution in [0, 0.1) is 12.7 Å². The van der Waals surface area contributed by atoms with Gasteiger partial charge in [-0.1, -0.05) is 23.7 Å². The van der Waals surface area contributed by atoms with E-state index in [9.17, 15) is 9.18 Å². The maximum atomic E-state index is 13.3. The van der Waals surface area contributed by atoms with Crippen molar-refractivity contribution in [3.8, 4) is 0 Å². The summed E-state index contributed by atoms with van der Waals surface area (Å²) in [7, 11) is 0. The molecular weight excluding hydrogens is 315 g/mol. The number of benzene rings is 2. The Balaban J connectivity index is 1.68. The van der Waals surface area contributed by atoms with E-state index in [1.54, 1.807) is 6.07 Å². The van der Waals surface area contributed by atoms with E-state index in [4.69, 9.17) is 11.6 Å². The number of carbonyl (C=O) groups is 1. The van der Waals surface area contributed by atoms with Gasteiger partial charge in [-0.25, -0.2) is 4.39 Å². The van der Waals surface area contributed by atoms with E-state index in [1.165, 1.54) is 12.1 Å². The van der Waals surface area contributed by atoms with Gasteiger partial charge in [0.15, 0.2) is 0 Å². The van der Waals surface area contributed by atoms with Crippen molar-refractivity contribution in [1.29, 1.82) is 0 Å². The number of nitrogens with one attached hydrogen (secondary N) is 2. The molecule has 118 valence electrons. The minimum Gasteiger partial charge on any atom is -0.350 e. The van der Waals surface area contributed by atoms with E-state index in [0.29, 0.717) is 22.8 Å². The zero-order valence-corrected chi connectivity index (χ0v) is 13.4. The van der Waals surface area contributed by atoms with Gasteiger partial charge in [0.2, 0.25) is 0 Å². The van der Waals surface area contributed by atoms with Crippen LogP contribution in [-0.4, -0.2) is 17.4 Å². The molecule has 0 aliphatic rings. The predicted molar refractivity (Wildman–Crippen MR) is 90.5 cm³/mol. The van der Waals surface area contributed by atoms with Crippen LogP contribution in [0.5, 0.6) is 0 Å². The van der Waals surface area contributed by atoms with E-state index < -0.39 is 0 Å². The van der Waals surface area contributed by atoms with Crippen LogP contribution in [0.1, 0.15) is 21.6 Å². The lowest BCUT2D eigenvalue weighted by Gasteiger charge is -2.05. The zero-order valence-electron chi connectivity index (χ0n) is 12.6. The zero-order chi connectivity index (χ0) is 16.4. The average molecular weight is 331 g/mol. The third-order valence-electron chi connectivity index (χ3n) is 3.86. The summed E-state index contributed by atoms with van der Waals surface area (Å²) >= 11 is 5.84. The lowest BCUT2D eigenvalue weighted by Crippen LogP contribution is -2.26. The summed E-state index contributed by atoms with van der Waals surface area (Å²) < 4.78 is 13.3. The molecule has 1 amide bonds. The van der Waals surface area contributed by atoms with Gasteiger partial charge in [-0.15, -0.1) is 0 Å². The standard InChI is InChI=1S/C18H16ClFN2O/c1-11-15-7-6-14(20)10-16(15)22-17(11)18(23)21-9-8-12-2-4-13(19)5-3-12/h2-7,10,22H,8-9H2,1H3,(H,21,23). The highest BCUT2D eigenvalue weighted by atomic mass is 35.5. The fraction of sp³-hybridized carbons (Fsp3) is 0.167. The number of fused-ring (bicyclic) bond motifs is 1. The number of rotatable bonds is 4. The topological polar surface area (TPSA) is 44.9 Å². The SMILES string of the molecule is Cc1c(C(=O)NCCc2ccc(Cl)cc2)[nH]c2cc(F)ccc12. The van der Waals surface area contributed by atoms with Gasteiger partial charge >= 0.3 is 0 Å². The Bertz CT molecular complexity index is 855. The molecule has 0 spiro atoms. The third kappa shape index (κ3) is 3.37. The summed E-state index contributed by atoms with van der Waals surface area (Å²) in [6.07, 6.45) is 0.719. The highest BCUT2D eigenvalue weighted by molar-refractivity contribution is 6.30. The molecule has 0 atom stereocenters. The first-order valence-corrected chi connectivity index (χ1v) is 7.73. The molecule has 1 heterocycles. The minimum absolute atomic E-state index is 0.187. The van der Waals surface area contributed by atoms with Crippen LogP contribution < -0.4 is 5.32 Å². The fourth-order valence-corrected chi connectivity index (χ4v) is 2.72. The van der Waals surface area contributed by atoms with E-state index in [2.05, 4.69) is 10.3 Å². The Labute approximate surface area is 138 Å². The van der Waals surface area contributed by atoms with Gasteiger partial charge in [0.05, 0.1) is 0 Å². The number of aryl methyl sites for hydroxylation is 1. The summed E-state index contributed by atoms with van der Waals surface area (Å²) in [6, 6.07) is 12.0. The van der Waals surface area contributed by atoms with Crippen molar-refractivity contribution in [2.75, 3.05) is 6.54 Å². The van der Waals surface area contributed by atoms with Gasteiger partial charge in [0, 0.05) is 22.5 Å². The molecule has 2 N–H and O–H groups in total. The molecule has 0 saturated carbocycles. The largest absolute Gasteiger partial charge is 0.350 e. The smallest absolute Gasteiger partial charge is 0.268 e. The van der Waals surface area contributed by atoms with Crippen LogP contribution in [0.2, 0.25) is 5.02 Å². The van der Waals surface area contributed by atoms with Gasteiger partial charge < -0.3 is 10.3 Å². The van der Waals surface area contributed by atoms with Crippen molar-refractivity contribution in [2.45, 2.75) is 13.3 Å². The second kappa shape index (κ2) is 6.42. The summed E-state index contributed by atoms with van der Waals surface area (Å²) in [4.78, 5) is 15.3. The van der Waals surface area contributed by atoms with Crippen molar-refractivity contribution >= 4 is 28.4 Å². The number of hydrogen-bond acceptors (Lipinski definition) is 1. The van der Waals surface area contributed by atoms with Gasteiger partial charge in [-0.3, -0.25) is 4.79 Å². The Morgan fingerprint density at radius 1 is 1.22 bits per heavy atom. The second-order valence-corrected chi connectivity index (χ2v) is 5.88. The number of hydrogen-bond donors (Lipinski definition) is 2. The number of amides is 1. The minimum atomic E-state index is -0.326. The van der Waals surface area contributed by atoms with Gasteiger partial charge in [-0.05, 0) is 54.8 Å². The average Bonchev–Trinajstić information content (AvgIpc) is 2.85. The number of H-pyrrole nitrogens is 1. The van der Waals surface area contributed by atoms with Gasteiger partial charge in [0.1, 0.15) is 11.5 Å².